The van der Waals surface area contributed by atoms with Crippen LogP contribution in [0.15, 0.2) is 0 Å². The molecule has 0 saturated carbocycles. The molecule has 0 fully saturated rings. The van der Waals surface area contributed by atoms with E-state index < -0.39 is 6.04 Å². The van der Waals surface area contributed by atoms with Gasteiger partial charge in [-0.05, 0) is 11.8 Å². The summed E-state index contributed by atoms with van der Waals surface area (Å²) >= 11 is 0. The van der Waals surface area contributed by atoms with Gasteiger partial charge in [-0.25, -0.2) is 0 Å². The van der Waals surface area contributed by atoms with E-state index >= 15 is 0 Å². The van der Waals surface area contributed by atoms with Gasteiger partial charge in [0.05, 0.1) is 6.04 Å². The van der Waals surface area contributed by atoms with E-state index in [9.17, 15) is 4.79 Å². The lowest BCUT2D eigenvalue weighted by Crippen LogP contribution is -2.48. The second-order valence-electron chi connectivity index (χ2n) is 4.84. The van der Waals surface area contributed by atoms with E-state index in [0.29, 0.717) is 0 Å². The number of unbranched alkanes of at least 4 members (excludes halogenated alkanes) is 2. The molecule has 0 rings (SSSR count). The third-order valence-corrected chi connectivity index (χ3v) is 2.30. The fraction of sp³-hybridized carbons (Fsp3) is 0.909. The molecule has 0 aromatic carbocycles. The second-order valence-corrected chi connectivity index (χ2v) is 4.84. The van der Waals surface area contributed by atoms with E-state index in [2.05, 4.69) is 12.2 Å². The normalized spacial score (nSPS) is 12.9. The molecule has 0 aliphatic carbocycles. The number of hydrogen-bond acceptors (Lipinski definition) is 2. The Balaban J connectivity index is 0. The number of carbonyl (C=O) groups is 1. The van der Waals surface area contributed by atoms with E-state index in [-0.39, 0.29) is 23.7 Å². The molecule has 0 unspecified atom stereocenters. The zero-order valence-electron chi connectivity index (χ0n) is 10.3. The molecule has 0 aliphatic rings. The van der Waals surface area contributed by atoms with Crippen molar-refractivity contribution in [3.8, 4) is 0 Å². The summed E-state index contributed by atoms with van der Waals surface area (Å²) in [5, 5.41) is 2.86. The maximum atomic E-state index is 11.5. The minimum Gasteiger partial charge on any atom is -0.355 e. The predicted molar refractivity (Wildman–Crippen MR) is 67.2 cm³/mol. The van der Waals surface area contributed by atoms with Gasteiger partial charge in [0.2, 0.25) is 5.91 Å². The predicted octanol–water partition coefficient (Wildman–Crippen LogP) is 2.09. The Morgan fingerprint density at radius 3 is 2.27 bits per heavy atom. The van der Waals surface area contributed by atoms with Crippen LogP contribution < -0.4 is 11.1 Å². The van der Waals surface area contributed by atoms with Crippen molar-refractivity contribution in [2.75, 3.05) is 6.54 Å². The van der Waals surface area contributed by atoms with Gasteiger partial charge in [-0.1, -0.05) is 40.5 Å². The average Bonchev–Trinajstić information content (AvgIpc) is 2.09. The van der Waals surface area contributed by atoms with Gasteiger partial charge >= 0.3 is 0 Å². The number of halogens is 1. The van der Waals surface area contributed by atoms with Crippen molar-refractivity contribution >= 4 is 18.3 Å². The molecular formula is C11H25ClN2O. The summed E-state index contributed by atoms with van der Waals surface area (Å²) in [5.74, 6) is -0.0337. The highest BCUT2D eigenvalue weighted by atomic mass is 35.5. The first-order chi connectivity index (χ1) is 6.39. The van der Waals surface area contributed by atoms with E-state index in [4.69, 9.17) is 5.73 Å². The molecule has 92 valence electrons. The summed E-state index contributed by atoms with van der Waals surface area (Å²) in [4.78, 5) is 11.5. The highest BCUT2D eigenvalue weighted by Gasteiger charge is 2.26. The first-order valence-electron chi connectivity index (χ1n) is 5.43. The van der Waals surface area contributed by atoms with Gasteiger partial charge in [0, 0.05) is 6.54 Å². The Hall–Kier alpha value is -0.280. The number of hydrogen-bond donors (Lipinski definition) is 2. The highest BCUT2D eigenvalue weighted by Crippen LogP contribution is 2.16. The Kier molecular flexibility index (Phi) is 9.07. The van der Waals surface area contributed by atoms with Crippen molar-refractivity contribution < 1.29 is 4.79 Å². The van der Waals surface area contributed by atoms with Crippen LogP contribution in [0.1, 0.15) is 47.0 Å². The van der Waals surface area contributed by atoms with Crippen LogP contribution in [0.2, 0.25) is 0 Å². The summed E-state index contributed by atoms with van der Waals surface area (Å²) in [6.45, 7) is 8.81. The second kappa shape index (κ2) is 7.94. The van der Waals surface area contributed by atoms with Crippen molar-refractivity contribution in [1.29, 1.82) is 0 Å². The monoisotopic (exact) mass is 236 g/mol. The van der Waals surface area contributed by atoms with Gasteiger partial charge in [0.25, 0.3) is 0 Å². The summed E-state index contributed by atoms with van der Waals surface area (Å²) in [6.07, 6.45) is 3.37. The van der Waals surface area contributed by atoms with Gasteiger partial charge in [-0.3, -0.25) is 4.79 Å². The number of rotatable bonds is 5. The molecular weight excluding hydrogens is 212 g/mol. The van der Waals surface area contributed by atoms with Crippen molar-refractivity contribution in [1.82, 2.24) is 5.32 Å². The number of nitrogens with two attached hydrogens (primary N) is 1. The van der Waals surface area contributed by atoms with Crippen LogP contribution >= 0.6 is 12.4 Å². The Labute approximate surface area is 99.6 Å². The smallest absolute Gasteiger partial charge is 0.237 e. The Morgan fingerprint density at radius 1 is 1.33 bits per heavy atom. The fourth-order valence-electron chi connectivity index (χ4n) is 1.09. The molecule has 3 nitrogen and oxygen atoms in total. The molecule has 15 heavy (non-hydrogen) atoms. The molecule has 0 saturated heterocycles. The molecule has 4 heteroatoms. The number of amides is 1. The quantitative estimate of drug-likeness (QED) is 0.719. The minimum absolute atomic E-state index is 0. The van der Waals surface area contributed by atoms with E-state index in [1.807, 2.05) is 20.8 Å². The van der Waals surface area contributed by atoms with Gasteiger partial charge in [-0.15, -0.1) is 12.4 Å². The summed E-state index contributed by atoms with van der Waals surface area (Å²) in [7, 11) is 0. The van der Waals surface area contributed by atoms with Crippen LogP contribution in [-0.4, -0.2) is 18.5 Å². The average molecular weight is 237 g/mol. The molecule has 1 atom stereocenters. The maximum Gasteiger partial charge on any atom is 0.237 e. The minimum atomic E-state index is -0.413. The molecule has 3 N–H and O–H groups in total. The Morgan fingerprint density at radius 2 is 1.87 bits per heavy atom. The lowest BCUT2D eigenvalue weighted by atomic mass is 9.87. The zero-order chi connectivity index (χ0) is 11.2. The highest BCUT2D eigenvalue weighted by molar-refractivity contribution is 5.85. The summed E-state index contributed by atoms with van der Waals surface area (Å²) < 4.78 is 0. The van der Waals surface area contributed by atoms with Gasteiger partial charge in [0.1, 0.15) is 0 Å². The molecule has 0 aromatic rings. The van der Waals surface area contributed by atoms with Crippen LogP contribution in [0.5, 0.6) is 0 Å². The van der Waals surface area contributed by atoms with Gasteiger partial charge in [0.15, 0.2) is 0 Å². The third-order valence-electron chi connectivity index (χ3n) is 2.30. The van der Waals surface area contributed by atoms with Crippen molar-refractivity contribution in [2.24, 2.45) is 11.1 Å². The van der Waals surface area contributed by atoms with Crippen molar-refractivity contribution in [3.05, 3.63) is 0 Å². The van der Waals surface area contributed by atoms with E-state index in [1.165, 1.54) is 6.42 Å². The molecule has 0 spiro atoms. The molecule has 0 aromatic heterocycles. The summed E-state index contributed by atoms with van der Waals surface area (Å²) in [5.41, 5.74) is 5.64. The standard InChI is InChI=1S/C11H24N2O.ClH/c1-5-6-7-8-13-10(14)9(12)11(2,3)4;/h9H,5-8,12H2,1-4H3,(H,13,14);1H/t9-;/m1./s1. The third kappa shape index (κ3) is 7.63. The topological polar surface area (TPSA) is 55.1 Å². The number of carbonyl (C=O) groups excluding carboxylic acids is 1. The lowest BCUT2D eigenvalue weighted by molar-refractivity contribution is -0.124. The maximum absolute atomic E-state index is 11.5. The van der Waals surface area contributed by atoms with Crippen LogP contribution in [0.25, 0.3) is 0 Å². The van der Waals surface area contributed by atoms with Crippen LogP contribution in [-0.2, 0) is 4.79 Å². The van der Waals surface area contributed by atoms with Crippen LogP contribution in [0.4, 0.5) is 0 Å². The molecule has 0 bridgehead atoms. The van der Waals surface area contributed by atoms with Crippen molar-refractivity contribution in [3.63, 3.8) is 0 Å². The Bertz CT molecular complexity index is 178. The molecule has 0 aliphatic heterocycles. The van der Waals surface area contributed by atoms with E-state index in [0.717, 1.165) is 19.4 Å². The fourth-order valence-corrected chi connectivity index (χ4v) is 1.09. The van der Waals surface area contributed by atoms with Gasteiger partial charge in [-0.2, -0.15) is 0 Å². The van der Waals surface area contributed by atoms with Crippen LogP contribution in [0, 0.1) is 5.41 Å². The van der Waals surface area contributed by atoms with Crippen molar-refractivity contribution in [2.45, 2.75) is 53.0 Å². The first kappa shape index (κ1) is 17.1. The SMILES string of the molecule is CCCCCNC(=O)[C@@H](N)C(C)(C)C.Cl. The molecule has 0 radical (unpaired) electrons. The lowest BCUT2D eigenvalue weighted by Gasteiger charge is -2.25. The number of nitrogens with one attached hydrogen (secondary N) is 1. The summed E-state index contributed by atoms with van der Waals surface area (Å²) in [6, 6.07) is -0.413. The molecule has 1 amide bonds. The molecule has 0 heterocycles. The van der Waals surface area contributed by atoms with Gasteiger partial charge < -0.3 is 11.1 Å². The zero-order valence-corrected chi connectivity index (χ0v) is 11.1. The van der Waals surface area contributed by atoms with E-state index in [1.54, 1.807) is 0 Å². The largest absolute Gasteiger partial charge is 0.355 e. The van der Waals surface area contributed by atoms with Crippen LogP contribution in [0.3, 0.4) is 0 Å². The first-order valence-corrected chi connectivity index (χ1v) is 5.43.